The van der Waals surface area contributed by atoms with E-state index in [4.69, 9.17) is 4.98 Å². The second-order valence-corrected chi connectivity index (χ2v) is 5.28. The largest absolute Gasteiger partial charge is 0.369 e. The lowest BCUT2D eigenvalue weighted by Gasteiger charge is -2.27. The molecule has 0 aromatic carbocycles. The van der Waals surface area contributed by atoms with Crippen LogP contribution in [0.1, 0.15) is 68.7 Å². The molecule has 0 spiro atoms. The Morgan fingerprint density at radius 1 is 1.39 bits per heavy atom. The van der Waals surface area contributed by atoms with Gasteiger partial charge in [0, 0.05) is 12.2 Å². The number of nitrogens with zero attached hydrogens (tertiary/aromatic N) is 2. The molecule has 0 saturated heterocycles. The average molecular weight is 243 g/mol. The maximum absolute atomic E-state index is 9.24. The van der Waals surface area contributed by atoms with E-state index in [1.807, 2.05) is 6.07 Å². The summed E-state index contributed by atoms with van der Waals surface area (Å²) >= 11 is 0. The lowest BCUT2D eigenvalue weighted by atomic mass is 9.81. The molecule has 0 amide bonds. The summed E-state index contributed by atoms with van der Waals surface area (Å²) in [6.45, 7) is 7.44. The van der Waals surface area contributed by atoms with Crippen LogP contribution in [0.15, 0.2) is 6.07 Å². The Hall–Kier alpha value is -1.56. The van der Waals surface area contributed by atoms with Gasteiger partial charge in [0.1, 0.15) is 11.9 Å². The molecule has 3 heteroatoms. The molecule has 1 N–H and O–H groups in total. The van der Waals surface area contributed by atoms with Crippen LogP contribution in [-0.4, -0.2) is 11.5 Å². The number of hydrogen-bond donors (Lipinski definition) is 1. The summed E-state index contributed by atoms with van der Waals surface area (Å²) in [5.41, 5.74) is 3.14. The fraction of sp³-hybridized carbons (Fsp3) is 0.600. The number of hydrogen-bond acceptors (Lipinski definition) is 3. The highest BCUT2D eigenvalue weighted by atomic mass is 15.0. The van der Waals surface area contributed by atoms with Crippen LogP contribution in [0.4, 0.5) is 5.82 Å². The van der Waals surface area contributed by atoms with E-state index < -0.39 is 0 Å². The Labute approximate surface area is 109 Å². The molecule has 18 heavy (non-hydrogen) atoms. The predicted molar refractivity (Wildman–Crippen MR) is 73.8 cm³/mol. The fourth-order valence-electron chi connectivity index (χ4n) is 2.59. The summed E-state index contributed by atoms with van der Waals surface area (Å²) in [5, 5.41) is 12.5. The van der Waals surface area contributed by atoms with Crippen LogP contribution in [0.3, 0.4) is 0 Å². The summed E-state index contributed by atoms with van der Waals surface area (Å²) in [6.07, 6.45) is 3.43. The van der Waals surface area contributed by atoms with Gasteiger partial charge in [-0.3, -0.25) is 0 Å². The lowest BCUT2D eigenvalue weighted by Crippen LogP contribution is -2.15. The van der Waals surface area contributed by atoms with Crippen LogP contribution in [0.5, 0.6) is 0 Å². The first-order valence-electron chi connectivity index (χ1n) is 6.86. The monoisotopic (exact) mass is 243 g/mol. The van der Waals surface area contributed by atoms with Crippen molar-refractivity contribution in [3.8, 4) is 6.07 Å². The molecule has 3 nitrogen and oxygen atoms in total. The van der Waals surface area contributed by atoms with Crippen molar-refractivity contribution < 1.29 is 0 Å². The van der Waals surface area contributed by atoms with Crippen LogP contribution >= 0.6 is 0 Å². The second-order valence-electron chi connectivity index (χ2n) is 5.28. The highest BCUT2D eigenvalue weighted by Crippen LogP contribution is 2.38. The average Bonchev–Trinajstić information content (AvgIpc) is 2.40. The molecule has 2 atom stereocenters. The first-order chi connectivity index (χ1) is 8.67. The van der Waals surface area contributed by atoms with Crippen molar-refractivity contribution in [2.75, 3.05) is 11.9 Å². The second kappa shape index (κ2) is 5.39. The van der Waals surface area contributed by atoms with Gasteiger partial charge in [-0.25, -0.2) is 4.98 Å². The third-order valence-corrected chi connectivity index (χ3v) is 3.78. The number of nitriles is 1. The Morgan fingerprint density at radius 2 is 2.11 bits per heavy atom. The highest BCUT2D eigenvalue weighted by molar-refractivity contribution is 5.55. The van der Waals surface area contributed by atoms with Gasteiger partial charge in [0.2, 0.25) is 0 Å². The van der Waals surface area contributed by atoms with E-state index in [0.29, 0.717) is 17.4 Å². The van der Waals surface area contributed by atoms with Gasteiger partial charge >= 0.3 is 0 Å². The van der Waals surface area contributed by atoms with Crippen LogP contribution in [0, 0.1) is 11.3 Å². The summed E-state index contributed by atoms with van der Waals surface area (Å²) in [7, 11) is 0. The molecular formula is C15H21N3. The van der Waals surface area contributed by atoms with Crippen molar-refractivity contribution in [3.63, 3.8) is 0 Å². The number of aromatic nitrogens is 1. The van der Waals surface area contributed by atoms with E-state index in [2.05, 4.69) is 32.2 Å². The molecule has 1 aliphatic carbocycles. The van der Waals surface area contributed by atoms with Crippen molar-refractivity contribution in [2.45, 2.75) is 51.9 Å². The van der Waals surface area contributed by atoms with Crippen molar-refractivity contribution in [1.29, 1.82) is 5.26 Å². The zero-order valence-electron chi connectivity index (χ0n) is 11.5. The quantitative estimate of drug-likeness (QED) is 0.879. The lowest BCUT2D eigenvalue weighted by molar-refractivity contribution is 0.515. The molecule has 0 bridgehead atoms. The number of rotatable bonds is 3. The van der Waals surface area contributed by atoms with Crippen LogP contribution in [-0.2, 0) is 0 Å². The smallest absolute Gasteiger partial charge is 0.144 e. The maximum Gasteiger partial charge on any atom is 0.144 e. The van der Waals surface area contributed by atoms with Crippen LogP contribution in [0.25, 0.3) is 0 Å². The van der Waals surface area contributed by atoms with Gasteiger partial charge in [0.15, 0.2) is 0 Å². The van der Waals surface area contributed by atoms with Crippen LogP contribution in [0.2, 0.25) is 0 Å². The van der Waals surface area contributed by atoms with E-state index in [1.54, 1.807) is 0 Å². The minimum atomic E-state index is 0.506. The number of nitrogens with one attached hydrogen (secondary N) is 1. The van der Waals surface area contributed by atoms with Crippen LogP contribution < -0.4 is 5.32 Å². The van der Waals surface area contributed by atoms with E-state index in [0.717, 1.165) is 18.8 Å². The molecule has 1 aromatic heterocycles. The third-order valence-electron chi connectivity index (χ3n) is 3.78. The molecule has 1 aliphatic rings. The van der Waals surface area contributed by atoms with Crippen molar-refractivity contribution >= 4 is 5.82 Å². The van der Waals surface area contributed by atoms with Gasteiger partial charge in [-0.1, -0.05) is 20.8 Å². The Kier molecular flexibility index (Phi) is 3.86. The first kappa shape index (κ1) is 12.9. The molecule has 0 saturated carbocycles. The zero-order chi connectivity index (χ0) is 13.1. The van der Waals surface area contributed by atoms with Gasteiger partial charge in [0.05, 0.1) is 5.56 Å². The number of pyridine rings is 1. The zero-order valence-corrected chi connectivity index (χ0v) is 11.5. The van der Waals surface area contributed by atoms with Crippen molar-refractivity contribution in [3.05, 3.63) is 22.9 Å². The minimum Gasteiger partial charge on any atom is -0.369 e. The van der Waals surface area contributed by atoms with Crippen molar-refractivity contribution in [1.82, 2.24) is 4.98 Å². The Bertz CT molecular complexity index is 473. The van der Waals surface area contributed by atoms with E-state index in [1.165, 1.54) is 24.1 Å². The summed E-state index contributed by atoms with van der Waals surface area (Å²) < 4.78 is 0. The normalized spacial score (nSPS) is 22.1. The van der Waals surface area contributed by atoms with E-state index in [9.17, 15) is 5.26 Å². The van der Waals surface area contributed by atoms with Gasteiger partial charge in [0.25, 0.3) is 0 Å². The first-order valence-corrected chi connectivity index (χ1v) is 6.86. The Balaban J connectivity index is 2.44. The maximum atomic E-state index is 9.24. The molecule has 2 rings (SSSR count). The SMILES string of the molecule is CCCNc1nc2c(cc1C#N)C(C)CCC2C. The Morgan fingerprint density at radius 3 is 2.78 bits per heavy atom. The van der Waals surface area contributed by atoms with Gasteiger partial charge in [-0.15, -0.1) is 0 Å². The molecular weight excluding hydrogens is 222 g/mol. The summed E-state index contributed by atoms with van der Waals surface area (Å²) in [5.74, 6) is 1.79. The molecule has 1 aromatic rings. The minimum absolute atomic E-state index is 0.506. The molecule has 0 radical (unpaired) electrons. The molecule has 96 valence electrons. The van der Waals surface area contributed by atoms with Gasteiger partial charge in [-0.05, 0) is 42.7 Å². The van der Waals surface area contributed by atoms with Gasteiger partial charge < -0.3 is 5.32 Å². The summed E-state index contributed by atoms with van der Waals surface area (Å²) in [6, 6.07) is 4.31. The summed E-state index contributed by atoms with van der Waals surface area (Å²) in [4.78, 5) is 4.72. The molecule has 2 unspecified atom stereocenters. The number of fused-ring (bicyclic) bond motifs is 1. The predicted octanol–water partition coefficient (Wildman–Crippen LogP) is 3.78. The van der Waals surface area contributed by atoms with E-state index in [-0.39, 0.29) is 0 Å². The molecule has 0 fully saturated rings. The van der Waals surface area contributed by atoms with E-state index >= 15 is 0 Å². The highest BCUT2D eigenvalue weighted by Gasteiger charge is 2.25. The molecule has 1 heterocycles. The topological polar surface area (TPSA) is 48.7 Å². The standard InChI is InChI=1S/C15H21N3/c1-4-7-17-15-12(9-16)8-13-10(2)5-6-11(3)14(13)18-15/h8,10-11H,4-7H2,1-3H3,(H,17,18). The number of anilines is 1. The fourth-order valence-corrected chi connectivity index (χ4v) is 2.59. The van der Waals surface area contributed by atoms with Crippen molar-refractivity contribution in [2.24, 2.45) is 0 Å². The molecule has 0 aliphatic heterocycles. The third kappa shape index (κ3) is 2.33. The van der Waals surface area contributed by atoms with Gasteiger partial charge in [-0.2, -0.15) is 5.26 Å².